The van der Waals surface area contributed by atoms with Gasteiger partial charge >= 0.3 is 5.69 Å². The third-order valence-electron chi connectivity index (χ3n) is 3.35. The number of fused-ring (bicyclic) bond motifs is 1. The molecule has 3 N–H and O–H groups in total. The maximum absolute atomic E-state index is 12.8. The molecule has 1 aromatic heterocycles. The summed E-state index contributed by atoms with van der Waals surface area (Å²) in [7, 11) is 0. The van der Waals surface area contributed by atoms with Crippen LogP contribution in [0.25, 0.3) is 11.0 Å². The van der Waals surface area contributed by atoms with Gasteiger partial charge in [0.2, 0.25) is 5.91 Å². The summed E-state index contributed by atoms with van der Waals surface area (Å²) in [5, 5.41) is 2.80. The van der Waals surface area contributed by atoms with Crippen molar-refractivity contribution in [2.45, 2.75) is 13.0 Å². The zero-order valence-corrected chi connectivity index (χ0v) is 11.7. The molecular weight excluding hydrogens is 285 g/mol. The van der Waals surface area contributed by atoms with Crippen molar-refractivity contribution < 1.29 is 9.18 Å². The number of hydrogen-bond donors (Lipinski definition) is 3. The maximum atomic E-state index is 12.8. The summed E-state index contributed by atoms with van der Waals surface area (Å²) in [6.45, 7) is 0.364. The van der Waals surface area contributed by atoms with E-state index in [4.69, 9.17) is 0 Å². The van der Waals surface area contributed by atoms with Crippen molar-refractivity contribution in [1.82, 2.24) is 15.3 Å². The minimum Gasteiger partial charge on any atom is -0.352 e. The summed E-state index contributed by atoms with van der Waals surface area (Å²) >= 11 is 0. The average Bonchev–Trinajstić information content (AvgIpc) is 2.87. The van der Waals surface area contributed by atoms with Crippen molar-refractivity contribution in [2.75, 3.05) is 0 Å². The van der Waals surface area contributed by atoms with E-state index in [-0.39, 0.29) is 23.8 Å². The molecular formula is C16H14FN3O2. The van der Waals surface area contributed by atoms with Crippen LogP contribution in [0.15, 0.2) is 47.3 Å². The van der Waals surface area contributed by atoms with Crippen LogP contribution in [0.5, 0.6) is 0 Å². The molecule has 0 bridgehead atoms. The van der Waals surface area contributed by atoms with Gasteiger partial charge in [0.05, 0.1) is 17.5 Å². The number of halogens is 1. The normalized spacial score (nSPS) is 10.8. The molecule has 0 fully saturated rings. The van der Waals surface area contributed by atoms with Gasteiger partial charge in [-0.25, -0.2) is 9.18 Å². The van der Waals surface area contributed by atoms with Gasteiger partial charge < -0.3 is 15.3 Å². The lowest BCUT2D eigenvalue weighted by Gasteiger charge is -2.06. The fourth-order valence-electron chi connectivity index (χ4n) is 2.24. The standard InChI is InChI=1S/C16H14FN3O2/c17-12-4-1-10(2-5-12)8-15(21)18-9-11-3-6-13-14(7-11)20-16(22)19-13/h1-7H,8-9H2,(H,18,21)(H2,19,20,22). The van der Waals surface area contributed by atoms with Crippen LogP contribution in [-0.4, -0.2) is 15.9 Å². The van der Waals surface area contributed by atoms with Crippen molar-refractivity contribution in [3.8, 4) is 0 Å². The van der Waals surface area contributed by atoms with Crippen molar-refractivity contribution in [2.24, 2.45) is 0 Å². The van der Waals surface area contributed by atoms with Crippen molar-refractivity contribution in [1.29, 1.82) is 0 Å². The Bertz CT molecular complexity index is 865. The van der Waals surface area contributed by atoms with Crippen LogP contribution >= 0.6 is 0 Å². The molecule has 0 unspecified atom stereocenters. The van der Waals surface area contributed by atoms with E-state index in [9.17, 15) is 14.0 Å². The number of amides is 1. The Hall–Kier alpha value is -2.89. The first-order valence-corrected chi connectivity index (χ1v) is 6.82. The lowest BCUT2D eigenvalue weighted by Crippen LogP contribution is -2.24. The average molecular weight is 299 g/mol. The molecule has 0 saturated heterocycles. The van der Waals surface area contributed by atoms with Crippen molar-refractivity contribution >= 4 is 16.9 Å². The van der Waals surface area contributed by atoms with Gasteiger partial charge in [0.25, 0.3) is 0 Å². The number of carbonyl (C=O) groups excluding carboxylic acids is 1. The van der Waals surface area contributed by atoms with E-state index in [2.05, 4.69) is 15.3 Å². The van der Waals surface area contributed by atoms with Crippen molar-refractivity contribution in [3.05, 3.63) is 69.9 Å². The molecule has 112 valence electrons. The van der Waals surface area contributed by atoms with E-state index in [1.165, 1.54) is 12.1 Å². The molecule has 3 rings (SSSR count). The fraction of sp³-hybridized carbons (Fsp3) is 0.125. The molecule has 22 heavy (non-hydrogen) atoms. The number of carbonyl (C=O) groups is 1. The van der Waals surface area contributed by atoms with E-state index in [0.717, 1.165) is 16.6 Å². The van der Waals surface area contributed by atoms with Gasteiger partial charge in [0.1, 0.15) is 5.82 Å². The molecule has 0 aliphatic carbocycles. The fourth-order valence-corrected chi connectivity index (χ4v) is 2.24. The summed E-state index contributed by atoms with van der Waals surface area (Å²) in [6, 6.07) is 11.3. The lowest BCUT2D eigenvalue weighted by molar-refractivity contribution is -0.120. The first-order valence-electron chi connectivity index (χ1n) is 6.82. The van der Waals surface area contributed by atoms with Crippen LogP contribution in [0.4, 0.5) is 4.39 Å². The Balaban J connectivity index is 1.61. The second kappa shape index (κ2) is 5.85. The molecule has 3 aromatic rings. The monoisotopic (exact) mass is 299 g/mol. The van der Waals surface area contributed by atoms with Gasteiger partial charge in [0, 0.05) is 6.54 Å². The molecule has 0 radical (unpaired) electrons. The largest absolute Gasteiger partial charge is 0.352 e. The van der Waals surface area contributed by atoms with E-state index >= 15 is 0 Å². The number of H-pyrrole nitrogens is 2. The highest BCUT2D eigenvalue weighted by atomic mass is 19.1. The second-order valence-electron chi connectivity index (χ2n) is 5.04. The Morgan fingerprint density at radius 3 is 2.45 bits per heavy atom. The minimum atomic E-state index is -0.321. The van der Waals surface area contributed by atoms with E-state index in [0.29, 0.717) is 12.1 Å². The second-order valence-corrected chi connectivity index (χ2v) is 5.04. The molecule has 0 atom stereocenters. The van der Waals surface area contributed by atoms with E-state index in [1.807, 2.05) is 12.1 Å². The van der Waals surface area contributed by atoms with E-state index < -0.39 is 0 Å². The van der Waals surface area contributed by atoms with Crippen LogP contribution < -0.4 is 11.0 Å². The van der Waals surface area contributed by atoms with Crippen LogP contribution in [0.3, 0.4) is 0 Å². The molecule has 5 nitrogen and oxygen atoms in total. The smallest absolute Gasteiger partial charge is 0.323 e. The highest BCUT2D eigenvalue weighted by molar-refractivity contribution is 5.79. The summed E-state index contributed by atoms with van der Waals surface area (Å²) in [5.74, 6) is -0.466. The predicted octanol–water partition coefficient (Wildman–Crippen LogP) is 1.85. The van der Waals surface area contributed by atoms with Crippen LogP contribution in [0.2, 0.25) is 0 Å². The zero-order valence-electron chi connectivity index (χ0n) is 11.7. The summed E-state index contributed by atoms with van der Waals surface area (Å²) in [4.78, 5) is 28.4. The Labute approximate surface area is 125 Å². The number of imidazole rings is 1. The number of rotatable bonds is 4. The summed E-state index contributed by atoms with van der Waals surface area (Å²) in [6.07, 6.45) is 0.198. The molecule has 0 spiro atoms. The number of aromatic amines is 2. The minimum absolute atomic E-state index is 0.144. The Morgan fingerprint density at radius 1 is 1.00 bits per heavy atom. The predicted molar refractivity (Wildman–Crippen MR) is 80.9 cm³/mol. The highest BCUT2D eigenvalue weighted by Crippen LogP contribution is 2.10. The van der Waals surface area contributed by atoms with Gasteiger partial charge in [-0.2, -0.15) is 0 Å². The number of nitrogens with one attached hydrogen (secondary N) is 3. The zero-order chi connectivity index (χ0) is 15.5. The molecule has 0 aliphatic rings. The molecule has 0 aliphatic heterocycles. The molecule has 1 amide bonds. The molecule has 0 saturated carbocycles. The maximum Gasteiger partial charge on any atom is 0.323 e. The van der Waals surface area contributed by atoms with Gasteiger partial charge in [-0.15, -0.1) is 0 Å². The van der Waals surface area contributed by atoms with Crippen LogP contribution in [-0.2, 0) is 17.8 Å². The van der Waals surface area contributed by atoms with Gasteiger partial charge in [-0.1, -0.05) is 18.2 Å². The molecule has 2 aromatic carbocycles. The summed E-state index contributed by atoms with van der Waals surface area (Å²) in [5.41, 5.74) is 2.81. The van der Waals surface area contributed by atoms with Gasteiger partial charge in [-0.3, -0.25) is 4.79 Å². The van der Waals surface area contributed by atoms with Gasteiger partial charge in [-0.05, 0) is 35.4 Å². The van der Waals surface area contributed by atoms with E-state index in [1.54, 1.807) is 18.2 Å². The first kappa shape index (κ1) is 14.1. The first-order chi connectivity index (χ1) is 10.6. The lowest BCUT2D eigenvalue weighted by atomic mass is 10.1. The van der Waals surface area contributed by atoms with Crippen LogP contribution in [0, 0.1) is 5.82 Å². The number of aromatic nitrogens is 2. The molecule has 6 heteroatoms. The number of benzene rings is 2. The highest BCUT2D eigenvalue weighted by Gasteiger charge is 2.05. The SMILES string of the molecule is O=C(Cc1ccc(F)cc1)NCc1ccc2[nH]c(=O)[nH]c2c1. The Kier molecular flexibility index (Phi) is 3.74. The third-order valence-corrected chi connectivity index (χ3v) is 3.35. The summed E-state index contributed by atoms with van der Waals surface area (Å²) < 4.78 is 12.8. The van der Waals surface area contributed by atoms with Gasteiger partial charge in [0.15, 0.2) is 0 Å². The van der Waals surface area contributed by atoms with Crippen molar-refractivity contribution in [3.63, 3.8) is 0 Å². The quantitative estimate of drug-likeness (QED) is 0.687. The molecule has 1 heterocycles. The number of hydrogen-bond acceptors (Lipinski definition) is 2. The topological polar surface area (TPSA) is 77.8 Å². The Morgan fingerprint density at radius 2 is 1.68 bits per heavy atom. The third kappa shape index (κ3) is 3.22. The van der Waals surface area contributed by atoms with Crippen LogP contribution in [0.1, 0.15) is 11.1 Å².